The summed E-state index contributed by atoms with van der Waals surface area (Å²) in [6, 6.07) is 6.00. The molecule has 1 aliphatic carbocycles. The zero-order valence-corrected chi connectivity index (χ0v) is 12.0. The average Bonchev–Trinajstić information content (AvgIpc) is 2.94. The van der Waals surface area contributed by atoms with Crippen LogP contribution in [-0.2, 0) is 6.54 Å². The van der Waals surface area contributed by atoms with E-state index in [-0.39, 0.29) is 11.9 Å². The second kappa shape index (κ2) is 5.19. The topological polar surface area (TPSA) is 73.3 Å². The van der Waals surface area contributed by atoms with Crippen LogP contribution in [0.15, 0.2) is 18.2 Å². The molecule has 4 N–H and O–H groups in total. The summed E-state index contributed by atoms with van der Waals surface area (Å²) < 4.78 is 0. The lowest BCUT2D eigenvalue weighted by molar-refractivity contribution is 0.123. The van der Waals surface area contributed by atoms with Crippen LogP contribution in [0, 0.1) is 24.2 Å². The van der Waals surface area contributed by atoms with Gasteiger partial charge in [0.1, 0.15) is 5.84 Å². The Kier molecular flexibility index (Phi) is 3.52. The van der Waals surface area contributed by atoms with Gasteiger partial charge in [-0.2, -0.15) is 0 Å². The van der Waals surface area contributed by atoms with Crippen LogP contribution < -0.4 is 5.73 Å². The van der Waals surface area contributed by atoms with E-state index in [0.717, 1.165) is 31.6 Å². The number of nitrogens with one attached hydrogen (secondary N) is 1. The number of hydrogen-bond donors (Lipinski definition) is 3. The number of nitrogens with zero attached hydrogens (tertiary/aromatic N) is 1. The van der Waals surface area contributed by atoms with Crippen LogP contribution in [-0.4, -0.2) is 35.0 Å². The van der Waals surface area contributed by atoms with Crippen LogP contribution in [0.5, 0.6) is 0 Å². The number of benzene rings is 1. The van der Waals surface area contributed by atoms with Gasteiger partial charge in [0, 0.05) is 31.1 Å². The molecule has 1 saturated heterocycles. The minimum Gasteiger partial charge on any atom is -0.393 e. The van der Waals surface area contributed by atoms with Crippen LogP contribution in [0.2, 0.25) is 0 Å². The molecule has 0 bridgehead atoms. The lowest BCUT2D eigenvalue weighted by atomic mass is 10.00. The largest absolute Gasteiger partial charge is 0.393 e. The minimum atomic E-state index is -0.0915. The number of fused-ring (bicyclic) bond motifs is 1. The Morgan fingerprint density at radius 1 is 1.40 bits per heavy atom. The number of rotatable bonds is 3. The number of amidine groups is 1. The lowest BCUT2D eigenvalue weighted by Crippen LogP contribution is -2.24. The SMILES string of the molecule is Cc1cc(C(=N)N)ccc1CN1CC2CCC(O)C2C1. The van der Waals surface area contributed by atoms with E-state index in [4.69, 9.17) is 11.1 Å². The molecule has 4 nitrogen and oxygen atoms in total. The normalized spacial score (nSPS) is 29.6. The minimum absolute atomic E-state index is 0.0915. The highest BCUT2D eigenvalue weighted by Crippen LogP contribution is 2.38. The van der Waals surface area contributed by atoms with Crippen LogP contribution in [0.4, 0.5) is 0 Å². The van der Waals surface area contributed by atoms with Crippen LogP contribution in [0.3, 0.4) is 0 Å². The van der Waals surface area contributed by atoms with Gasteiger partial charge in [0.15, 0.2) is 0 Å². The molecule has 2 aliphatic rings. The first-order chi connectivity index (χ1) is 9.54. The monoisotopic (exact) mass is 273 g/mol. The molecule has 108 valence electrons. The summed E-state index contributed by atoms with van der Waals surface area (Å²) in [6.45, 7) is 5.13. The fraction of sp³-hybridized carbons (Fsp3) is 0.562. The van der Waals surface area contributed by atoms with Gasteiger partial charge in [-0.15, -0.1) is 0 Å². The first-order valence-corrected chi connectivity index (χ1v) is 7.39. The van der Waals surface area contributed by atoms with Crippen molar-refractivity contribution in [2.75, 3.05) is 13.1 Å². The van der Waals surface area contributed by atoms with Crippen molar-refractivity contribution >= 4 is 5.84 Å². The number of aliphatic hydroxyl groups is 1. The van der Waals surface area contributed by atoms with Crippen molar-refractivity contribution in [2.24, 2.45) is 17.6 Å². The van der Waals surface area contributed by atoms with Gasteiger partial charge < -0.3 is 10.8 Å². The smallest absolute Gasteiger partial charge is 0.122 e. The van der Waals surface area contributed by atoms with Crippen LogP contribution >= 0.6 is 0 Å². The van der Waals surface area contributed by atoms with E-state index in [1.165, 1.54) is 17.5 Å². The van der Waals surface area contributed by atoms with Gasteiger partial charge in [-0.1, -0.05) is 12.1 Å². The quantitative estimate of drug-likeness (QED) is 0.577. The Hall–Kier alpha value is -1.39. The molecule has 4 heteroatoms. The van der Waals surface area contributed by atoms with E-state index >= 15 is 0 Å². The maximum Gasteiger partial charge on any atom is 0.122 e. The fourth-order valence-electron chi connectivity index (χ4n) is 3.74. The summed E-state index contributed by atoms with van der Waals surface area (Å²) in [5.41, 5.74) is 8.80. The molecular formula is C16H23N3O. The molecule has 0 aromatic heterocycles. The molecule has 3 rings (SSSR count). The van der Waals surface area contributed by atoms with E-state index in [2.05, 4.69) is 17.9 Å². The Morgan fingerprint density at radius 3 is 2.85 bits per heavy atom. The van der Waals surface area contributed by atoms with Crippen LogP contribution in [0.1, 0.15) is 29.5 Å². The molecule has 3 atom stereocenters. The maximum atomic E-state index is 9.97. The molecular weight excluding hydrogens is 250 g/mol. The second-order valence-corrected chi connectivity index (χ2v) is 6.32. The van der Waals surface area contributed by atoms with Gasteiger partial charge in [-0.05, 0) is 42.9 Å². The van der Waals surface area contributed by atoms with E-state index in [0.29, 0.717) is 11.8 Å². The first-order valence-electron chi connectivity index (χ1n) is 7.39. The van der Waals surface area contributed by atoms with Gasteiger partial charge in [0.2, 0.25) is 0 Å². The molecule has 20 heavy (non-hydrogen) atoms. The molecule has 1 saturated carbocycles. The molecule has 1 aliphatic heterocycles. The second-order valence-electron chi connectivity index (χ2n) is 6.32. The maximum absolute atomic E-state index is 9.97. The van der Waals surface area contributed by atoms with Gasteiger partial charge in [-0.25, -0.2) is 0 Å². The molecule has 0 radical (unpaired) electrons. The summed E-state index contributed by atoms with van der Waals surface area (Å²) in [6.07, 6.45) is 2.06. The Morgan fingerprint density at radius 2 is 2.20 bits per heavy atom. The van der Waals surface area contributed by atoms with Gasteiger partial charge in [0.05, 0.1) is 6.10 Å². The van der Waals surface area contributed by atoms with Gasteiger partial charge in [0.25, 0.3) is 0 Å². The third-order valence-corrected chi connectivity index (χ3v) is 4.94. The van der Waals surface area contributed by atoms with Crippen LogP contribution in [0.25, 0.3) is 0 Å². The van der Waals surface area contributed by atoms with Crippen molar-refractivity contribution in [3.63, 3.8) is 0 Å². The number of nitrogen functional groups attached to an aromatic ring is 1. The zero-order valence-electron chi connectivity index (χ0n) is 12.0. The highest BCUT2D eigenvalue weighted by Gasteiger charge is 2.41. The van der Waals surface area contributed by atoms with Gasteiger partial charge in [-0.3, -0.25) is 10.3 Å². The van der Waals surface area contributed by atoms with E-state index in [9.17, 15) is 5.11 Å². The first kappa shape index (κ1) is 13.6. The lowest BCUT2D eigenvalue weighted by Gasteiger charge is -2.19. The van der Waals surface area contributed by atoms with E-state index in [1.54, 1.807) is 0 Å². The number of nitrogens with two attached hydrogens (primary N) is 1. The van der Waals surface area contributed by atoms with Crippen molar-refractivity contribution in [2.45, 2.75) is 32.4 Å². The van der Waals surface area contributed by atoms with Crippen molar-refractivity contribution in [1.82, 2.24) is 4.90 Å². The summed E-state index contributed by atoms with van der Waals surface area (Å²) in [7, 11) is 0. The standard InChI is InChI=1S/C16H23N3O/c1-10-6-11(16(17)18)2-3-12(10)7-19-8-13-4-5-15(20)14(13)9-19/h2-3,6,13-15,20H,4-5,7-9H2,1H3,(H3,17,18). The molecule has 0 spiro atoms. The number of aryl methyl sites for hydroxylation is 1. The Bertz CT molecular complexity index is 528. The number of likely N-dealkylation sites (tertiary alicyclic amines) is 1. The molecule has 1 heterocycles. The van der Waals surface area contributed by atoms with Gasteiger partial charge >= 0.3 is 0 Å². The summed E-state index contributed by atoms with van der Waals surface area (Å²) in [5.74, 6) is 1.28. The molecule has 2 fully saturated rings. The average molecular weight is 273 g/mol. The Labute approximate surface area is 120 Å². The summed E-state index contributed by atoms with van der Waals surface area (Å²) in [5, 5.41) is 17.4. The predicted octanol–water partition coefficient (Wildman–Crippen LogP) is 1.48. The number of aliphatic hydroxyl groups excluding tert-OH is 1. The van der Waals surface area contributed by atoms with Crippen molar-refractivity contribution < 1.29 is 5.11 Å². The zero-order chi connectivity index (χ0) is 14.3. The highest BCUT2D eigenvalue weighted by atomic mass is 16.3. The third kappa shape index (κ3) is 2.45. The van der Waals surface area contributed by atoms with Crippen molar-refractivity contribution in [3.05, 3.63) is 34.9 Å². The van der Waals surface area contributed by atoms with E-state index in [1.807, 2.05) is 12.1 Å². The third-order valence-electron chi connectivity index (χ3n) is 4.94. The molecule has 3 unspecified atom stereocenters. The van der Waals surface area contributed by atoms with Crippen molar-refractivity contribution in [1.29, 1.82) is 5.41 Å². The number of hydrogen-bond acceptors (Lipinski definition) is 3. The molecule has 0 amide bonds. The van der Waals surface area contributed by atoms with E-state index < -0.39 is 0 Å². The summed E-state index contributed by atoms with van der Waals surface area (Å²) >= 11 is 0. The summed E-state index contributed by atoms with van der Waals surface area (Å²) in [4.78, 5) is 2.45. The molecule has 1 aromatic carbocycles. The highest BCUT2D eigenvalue weighted by molar-refractivity contribution is 5.95. The van der Waals surface area contributed by atoms with Crippen molar-refractivity contribution in [3.8, 4) is 0 Å². The predicted molar refractivity (Wildman–Crippen MR) is 79.7 cm³/mol. The Balaban J connectivity index is 1.68. The molecule has 1 aromatic rings. The fourth-order valence-corrected chi connectivity index (χ4v) is 3.74.